The molecule has 0 heterocycles. The Bertz CT molecular complexity index is 216. The summed E-state index contributed by atoms with van der Waals surface area (Å²) in [7, 11) is 0. The molecule has 0 bridgehead atoms. The van der Waals surface area contributed by atoms with Crippen LogP contribution in [0.25, 0.3) is 0 Å². The molecular formula is C9H13NO. The molecule has 60 valence electrons. The van der Waals surface area contributed by atoms with Gasteiger partial charge in [0.1, 0.15) is 0 Å². The molecule has 0 aliphatic heterocycles. The molecule has 1 rings (SSSR count). The Morgan fingerprint density at radius 2 is 2.27 bits per heavy atom. The largest absolute Gasteiger partial charge is 0.145 e. The van der Waals surface area contributed by atoms with E-state index < -0.39 is 0 Å². The van der Waals surface area contributed by atoms with Gasteiger partial charge in [0.15, 0.2) is 0 Å². The lowest BCUT2D eigenvalue weighted by molar-refractivity contribution is 0.610. The minimum absolute atomic E-state index is 0.321. The molecule has 2 nitrogen and oxygen atoms in total. The number of hydrogen-bond donors (Lipinski definition) is 0. The van der Waals surface area contributed by atoms with E-state index in [2.05, 4.69) is 12.1 Å². The average molecular weight is 151 g/mol. The molecule has 0 saturated carbocycles. The van der Waals surface area contributed by atoms with Gasteiger partial charge < -0.3 is 0 Å². The maximum absolute atomic E-state index is 10.3. The van der Waals surface area contributed by atoms with Gasteiger partial charge in [0.25, 0.3) is 0 Å². The molecule has 0 saturated heterocycles. The number of nitrogens with zero attached hydrogens (tertiary/aromatic N) is 1. The highest BCUT2D eigenvalue weighted by Crippen LogP contribution is 2.23. The monoisotopic (exact) mass is 151 g/mol. The van der Waals surface area contributed by atoms with Crippen molar-refractivity contribution in [1.29, 1.82) is 0 Å². The maximum atomic E-state index is 10.3. The number of hydrogen-bond acceptors (Lipinski definition) is 2. The van der Waals surface area contributed by atoms with Crippen LogP contribution < -0.4 is 0 Å². The molecule has 1 aliphatic rings. The Morgan fingerprint density at radius 1 is 1.55 bits per heavy atom. The van der Waals surface area contributed by atoms with Gasteiger partial charge in [0.2, 0.25) is 0 Å². The summed E-state index contributed by atoms with van der Waals surface area (Å²) < 4.78 is 0. The van der Waals surface area contributed by atoms with Crippen molar-refractivity contribution in [2.24, 2.45) is 11.1 Å². The lowest BCUT2D eigenvalue weighted by atomic mass is 10.0. The van der Waals surface area contributed by atoms with Crippen LogP contribution in [0.5, 0.6) is 0 Å². The minimum atomic E-state index is 0.321. The maximum Gasteiger partial charge on any atom is 0.0877 e. The molecular weight excluding hydrogens is 138 g/mol. The Balaban J connectivity index is 2.80. The zero-order chi connectivity index (χ0) is 8.27. The van der Waals surface area contributed by atoms with Crippen molar-refractivity contribution < 1.29 is 0 Å². The molecule has 0 aromatic rings. The van der Waals surface area contributed by atoms with Crippen LogP contribution in [0.3, 0.4) is 0 Å². The Labute approximate surface area is 67.0 Å². The van der Waals surface area contributed by atoms with E-state index in [4.69, 9.17) is 0 Å². The third kappa shape index (κ3) is 2.00. The van der Waals surface area contributed by atoms with Gasteiger partial charge in [-0.15, -0.1) is 4.91 Å². The Hall–Kier alpha value is -0.920. The van der Waals surface area contributed by atoms with E-state index in [0.29, 0.717) is 11.6 Å². The summed E-state index contributed by atoms with van der Waals surface area (Å²) >= 11 is 0. The van der Waals surface area contributed by atoms with Crippen molar-refractivity contribution in [3.8, 4) is 0 Å². The SMILES string of the molecule is CC1=CC=C(N=O)C(C)CC1. The van der Waals surface area contributed by atoms with Gasteiger partial charge in [-0.3, -0.25) is 0 Å². The minimum Gasteiger partial charge on any atom is -0.145 e. The van der Waals surface area contributed by atoms with E-state index in [-0.39, 0.29) is 0 Å². The molecule has 0 N–H and O–H groups in total. The first-order valence-corrected chi connectivity index (χ1v) is 3.94. The first-order chi connectivity index (χ1) is 5.24. The van der Waals surface area contributed by atoms with Crippen molar-refractivity contribution in [3.63, 3.8) is 0 Å². The highest BCUT2D eigenvalue weighted by atomic mass is 16.3. The van der Waals surface area contributed by atoms with Gasteiger partial charge in [-0.1, -0.05) is 18.6 Å². The summed E-state index contributed by atoms with van der Waals surface area (Å²) in [6.07, 6.45) is 5.94. The Kier molecular flexibility index (Phi) is 2.58. The quantitative estimate of drug-likeness (QED) is 0.529. The second-order valence-corrected chi connectivity index (χ2v) is 3.14. The highest BCUT2D eigenvalue weighted by molar-refractivity contribution is 5.20. The van der Waals surface area contributed by atoms with Gasteiger partial charge in [0.05, 0.1) is 5.70 Å². The number of rotatable bonds is 1. The summed E-state index contributed by atoms with van der Waals surface area (Å²) in [5.41, 5.74) is 2.01. The fourth-order valence-corrected chi connectivity index (χ4v) is 1.19. The smallest absolute Gasteiger partial charge is 0.0877 e. The topological polar surface area (TPSA) is 29.4 Å². The van der Waals surface area contributed by atoms with E-state index in [1.54, 1.807) is 0 Å². The summed E-state index contributed by atoms with van der Waals surface area (Å²) in [5, 5.41) is 2.99. The molecule has 2 heteroatoms. The molecule has 1 unspecified atom stereocenters. The lowest BCUT2D eigenvalue weighted by Crippen LogP contribution is -1.94. The molecule has 0 aromatic carbocycles. The van der Waals surface area contributed by atoms with Crippen LogP contribution in [0.1, 0.15) is 26.7 Å². The van der Waals surface area contributed by atoms with Crippen molar-refractivity contribution in [3.05, 3.63) is 28.3 Å². The van der Waals surface area contributed by atoms with Crippen LogP contribution in [0.2, 0.25) is 0 Å². The standard InChI is InChI=1S/C9H13NO/c1-7-3-5-8(2)9(10-11)6-4-7/h4,6,8H,3,5H2,1-2H3. The van der Waals surface area contributed by atoms with Crippen molar-refractivity contribution in [2.45, 2.75) is 26.7 Å². The summed E-state index contributed by atoms with van der Waals surface area (Å²) in [4.78, 5) is 10.3. The molecule has 0 amide bonds. The fraction of sp³-hybridized carbons (Fsp3) is 0.556. The molecule has 11 heavy (non-hydrogen) atoms. The molecule has 0 aromatic heterocycles. The molecule has 0 radical (unpaired) electrons. The van der Waals surface area contributed by atoms with E-state index in [1.807, 2.05) is 19.1 Å². The van der Waals surface area contributed by atoms with Crippen molar-refractivity contribution in [1.82, 2.24) is 0 Å². The van der Waals surface area contributed by atoms with Crippen LogP contribution in [-0.4, -0.2) is 0 Å². The van der Waals surface area contributed by atoms with Crippen molar-refractivity contribution >= 4 is 0 Å². The normalized spacial score (nSPS) is 25.1. The van der Waals surface area contributed by atoms with Crippen LogP contribution >= 0.6 is 0 Å². The molecule has 1 atom stereocenters. The van der Waals surface area contributed by atoms with Crippen LogP contribution in [-0.2, 0) is 0 Å². The van der Waals surface area contributed by atoms with Gasteiger partial charge in [0, 0.05) is 5.92 Å². The lowest BCUT2D eigenvalue weighted by Gasteiger charge is -2.05. The first-order valence-electron chi connectivity index (χ1n) is 3.94. The van der Waals surface area contributed by atoms with E-state index in [9.17, 15) is 4.91 Å². The van der Waals surface area contributed by atoms with E-state index >= 15 is 0 Å². The molecule has 0 fully saturated rings. The third-order valence-electron chi connectivity index (χ3n) is 2.12. The number of nitroso groups, excluding NO2 is 1. The zero-order valence-electron chi connectivity index (χ0n) is 7.00. The van der Waals surface area contributed by atoms with E-state index in [1.165, 1.54) is 5.57 Å². The number of allylic oxidation sites excluding steroid dienone is 4. The zero-order valence-corrected chi connectivity index (χ0v) is 7.00. The van der Waals surface area contributed by atoms with Crippen LogP contribution in [0, 0.1) is 10.8 Å². The highest BCUT2D eigenvalue weighted by Gasteiger charge is 2.11. The summed E-state index contributed by atoms with van der Waals surface area (Å²) in [6, 6.07) is 0. The average Bonchev–Trinajstić information content (AvgIpc) is 2.15. The first kappa shape index (κ1) is 8.18. The van der Waals surface area contributed by atoms with Crippen LogP contribution in [0.4, 0.5) is 0 Å². The van der Waals surface area contributed by atoms with Gasteiger partial charge in [-0.25, -0.2) is 0 Å². The van der Waals surface area contributed by atoms with E-state index in [0.717, 1.165) is 12.8 Å². The van der Waals surface area contributed by atoms with Crippen LogP contribution in [0.15, 0.2) is 28.6 Å². The predicted molar refractivity (Wildman–Crippen MR) is 46.0 cm³/mol. The fourth-order valence-electron chi connectivity index (χ4n) is 1.19. The van der Waals surface area contributed by atoms with Gasteiger partial charge in [-0.05, 0) is 31.0 Å². The second-order valence-electron chi connectivity index (χ2n) is 3.14. The molecule has 1 aliphatic carbocycles. The Morgan fingerprint density at radius 3 is 2.91 bits per heavy atom. The second kappa shape index (κ2) is 3.46. The predicted octanol–water partition coefficient (Wildman–Crippen LogP) is 3.01. The summed E-state index contributed by atoms with van der Waals surface area (Å²) in [6.45, 7) is 4.12. The van der Waals surface area contributed by atoms with Gasteiger partial charge >= 0.3 is 0 Å². The molecule has 0 spiro atoms. The van der Waals surface area contributed by atoms with Crippen molar-refractivity contribution in [2.75, 3.05) is 0 Å². The summed E-state index contributed by atoms with van der Waals surface area (Å²) in [5.74, 6) is 0.321. The third-order valence-corrected chi connectivity index (χ3v) is 2.12. The van der Waals surface area contributed by atoms with Gasteiger partial charge in [-0.2, -0.15) is 0 Å².